The van der Waals surface area contributed by atoms with E-state index in [2.05, 4.69) is 5.32 Å². The number of nitrogens with zero attached hydrogens (tertiary/aromatic N) is 1. The first-order chi connectivity index (χ1) is 14.2. The molecule has 1 amide bonds. The van der Waals surface area contributed by atoms with E-state index in [0.29, 0.717) is 30.4 Å². The molecule has 0 fully saturated rings. The van der Waals surface area contributed by atoms with Gasteiger partial charge in [0.05, 0.1) is 30.3 Å². The number of benzene rings is 2. The van der Waals surface area contributed by atoms with Crippen LogP contribution in [-0.4, -0.2) is 46.0 Å². The standard InChI is InChI=1S/C21H29N3O5S/c1-5-28-17-9-12-20(29-6-2)19(13-17)23-21(25)14-24(4)15(3)16-7-10-18(11-8-16)30(22,26)27/h7-13,15H,5-6,14H2,1-4H3,(H,23,25)(H2,22,26,27). The van der Waals surface area contributed by atoms with Crippen molar-refractivity contribution >= 4 is 21.6 Å². The Morgan fingerprint density at radius 1 is 1.10 bits per heavy atom. The number of nitrogens with two attached hydrogens (primary N) is 1. The molecule has 0 aromatic heterocycles. The van der Waals surface area contributed by atoms with E-state index in [9.17, 15) is 13.2 Å². The van der Waals surface area contributed by atoms with Gasteiger partial charge < -0.3 is 14.8 Å². The number of nitrogens with one attached hydrogen (secondary N) is 1. The molecule has 2 rings (SSSR count). The first-order valence-electron chi connectivity index (χ1n) is 9.68. The summed E-state index contributed by atoms with van der Waals surface area (Å²) in [5.41, 5.74) is 1.41. The highest BCUT2D eigenvalue weighted by Gasteiger charge is 2.17. The molecular formula is C21H29N3O5S. The van der Waals surface area contributed by atoms with Gasteiger partial charge in [0.15, 0.2) is 0 Å². The fraction of sp³-hybridized carbons (Fsp3) is 0.381. The Morgan fingerprint density at radius 3 is 2.30 bits per heavy atom. The molecule has 8 nitrogen and oxygen atoms in total. The van der Waals surface area contributed by atoms with E-state index in [1.165, 1.54) is 12.1 Å². The maximum absolute atomic E-state index is 12.6. The van der Waals surface area contributed by atoms with Gasteiger partial charge in [-0.15, -0.1) is 0 Å². The average Bonchev–Trinajstić information content (AvgIpc) is 2.69. The molecule has 0 aliphatic heterocycles. The van der Waals surface area contributed by atoms with Gasteiger partial charge in [-0.3, -0.25) is 9.69 Å². The zero-order valence-electron chi connectivity index (χ0n) is 17.7. The van der Waals surface area contributed by atoms with Crippen LogP contribution in [0, 0.1) is 0 Å². The van der Waals surface area contributed by atoms with Crippen molar-refractivity contribution in [3.8, 4) is 11.5 Å². The number of anilines is 1. The molecule has 1 atom stereocenters. The monoisotopic (exact) mass is 435 g/mol. The zero-order chi connectivity index (χ0) is 22.3. The van der Waals surface area contributed by atoms with Gasteiger partial charge in [-0.2, -0.15) is 0 Å². The van der Waals surface area contributed by atoms with Crippen LogP contribution in [0.25, 0.3) is 0 Å². The Labute approximate surface area is 178 Å². The van der Waals surface area contributed by atoms with Crippen LogP contribution in [0.15, 0.2) is 47.4 Å². The third-order valence-electron chi connectivity index (χ3n) is 4.58. The molecular weight excluding hydrogens is 406 g/mol. The van der Waals surface area contributed by atoms with Gasteiger partial charge in [-0.05, 0) is 57.6 Å². The van der Waals surface area contributed by atoms with Gasteiger partial charge in [0.25, 0.3) is 0 Å². The summed E-state index contributed by atoms with van der Waals surface area (Å²) in [5.74, 6) is 1.01. The van der Waals surface area contributed by atoms with Crippen molar-refractivity contribution in [2.24, 2.45) is 5.14 Å². The first kappa shape index (κ1) is 23.7. The van der Waals surface area contributed by atoms with Crippen molar-refractivity contribution in [2.45, 2.75) is 31.7 Å². The lowest BCUT2D eigenvalue weighted by Crippen LogP contribution is -2.32. The zero-order valence-corrected chi connectivity index (χ0v) is 18.5. The van der Waals surface area contributed by atoms with Crippen LogP contribution >= 0.6 is 0 Å². The first-order valence-corrected chi connectivity index (χ1v) is 11.2. The topological polar surface area (TPSA) is 111 Å². The van der Waals surface area contributed by atoms with E-state index >= 15 is 0 Å². The Bertz CT molecular complexity index is 961. The molecule has 2 aromatic rings. The summed E-state index contributed by atoms with van der Waals surface area (Å²) in [6, 6.07) is 11.5. The molecule has 2 aromatic carbocycles. The molecule has 0 saturated heterocycles. The van der Waals surface area contributed by atoms with Crippen molar-refractivity contribution in [3.63, 3.8) is 0 Å². The summed E-state index contributed by atoms with van der Waals surface area (Å²) in [4.78, 5) is 14.5. The summed E-state index contributed by atoms with van der Waals surface area (Å²) in [5, 5.41) is 8.01. The normalized spacial score (nSPS) is 12.5. The minimum Gasteiger partial charge on any atom is -0.494 e. The summed E-state index contributed by atoms with van der Waals surface area (Å²) in [7, 11) is -1.92. The van der Waals surface area contributed by atoms with Crippen LogP contribution in [0.5, 0.6) is 11.5 Å². The van der Waals surface area contributed by atoms with Gasteiger partial charge in [0, 0.05) is 12.1 Å². The quantitative estimate of drug-likeness (QED) is 0.594. The molecule has 164 valence electrons. The van der Waals surface area contributed by atoms with E-state index < -0.39 is 10.0 Å². The molecule has 0 spiro atoms. The SMILES string of the molecule is CCOc1ccc(OCC)c(NC(=O)CN(C)C(C)c2ccc(S(N)(=O)=O)cc2)c1. The van der Waals surface area contributed by atoms with Crippen LogP contribution in [-0.2, 0) is 14.8 Å². The molecule has 30 heavy (non-hydrogen) atoms. The Hall–Kier alpha value is -2.62. The van der Waals surface area contributed by atoms with Gasteiger partial charge in [0.1, 0.15) is 11.5 Å². The maximum Gasteiger partial charge on any atom is 0.238 e. The maximum atomic E-state index is 12.6. The lowest BCUT2D eigenvalue weighted by molar-refractivity contribution is -0.117. The summed E-state index contributed by atoms with van der Waals surface area (Å²) in [6.07, 6.45) is 0. The van der Waals surface area contributed by atoms with E-state index in [1.807, 2.05) is 32.7 Å². The second kappa shape index (κ2) is 10.4. The Balaban J connectivity index is 2.07. The highest BCUT2D eigenvalue weighted by Crippen LogP contribution is 2.29. The number of ether oxygens (including phenoxy) is 2. The van der Waals surface area contributed by atoms with Crippen molar-refractivity contribution in [2.75, 3.05) is 32.1 Å². The summed E-state index contributed by atoms with van der Waals surface area (Å²) in [6.45, 7) is 6.82. The Kier molecular flexibility index (Phi) is 8.22. The minimum atomic E-state index is -3.74. The number of carbonyl (C=O) groups excluding carboxylic acids is 1. The number of likely N-dealkylation sites (N-methyl/N-ethyl adjacent to an activating group) is 1. The second-order valence-electron chi connectivity index (χ2n) is 6.78. The van der Waals surface area contributed by atoms with Crippen LogP contribution in [0.2, 0.25) is 0 Å². The number of rotatable bonds is 10. The minimum absolute atomic E-state index is 0.0523. The van der Waals surface area contributed by atoms with Gasteiger partial charge >= 0.3 is 0 Å². The van der Waals surface area contributed by atoms with Crippen molar-refractivity contribution in [3.05, 3.63) is 48.0 Å². The fourth-order valence-corrected chi connectivity index (χ4v) is 3.40. The highest BCUT2D eigenvalue weighted by atomic mass is 32.2. The molecule has 0 aliphatic carbocycles. The lowest BCUT2D eigenvalue weighted by atomic mass is 10.1. The molecule has 0 radical (unpaired) electrons. The van der Waals surface area contributed by atoms with E-state index in [-0.39, 0.29) is 23.4 Å². The molecule has 0 heterocycles. The molecule has 0 bridgehead atoms. The van der Waals surface area contributed by atoms with Crippen molar-refractivity contribution in [1.29, 1.82) is 0 Å². The number of primary sulfonamides is 1. The molecule has 1 unspecified atom stereocenters. The van der Waals surface area contributed by atoms with Gasteiger partial charge in [-0.25, -0.2) is 13.6 Å². The fourth-order valence-electron chi connectivity index (χ4n) is 2.89. The molecule has 3 N–H and O–H groups in total. The number of sulfonamides is 1. The van der Waals surface area contributed by atoms with Crippen molar-refractivity contribution in [1.82, 2.24) is 4.90 Å². The number of amides is 1. The predicted molar refractivity (Wildman–Crippen MR) is 116 cm³/mol. The van der Waals surface area contributed by atoms with E-state index in [1.54, 1.807) is 30.3 Å². The second-order valence-corrected chi connectivity index (χ2v) is 8.34. The summed E-state index contributed by atoms with van der Waals surface area (Å²) < 4.78 is 33.9. The molecule has 0 saturated carbocycles. The van der Waals surface area contributed by atoms with Gasteiger partial charge in [-0.1, -0.05) is 12.1 Å². The smallest absolute Gasteiger partial charge is 0.238 e. The van der Waals surface area contributed by atoms with E-state index in [0.717, 1.165) is 5.56 Å². The van der Waals surface area contributed by atoms with Crippen molar-refractivity contribution < 1.29 is 22.7 Å². The Morgan fingerprint density at radius 2 is 1.73 bits per heavy atom. The molecule has 9 heteroatoms. The third-order valence-corrected chi connectivity index (χ3v) is 5.51. The summed E-state index contributed by atoms with van der Waals surface area (Å²) >= 11 is 0. The van der Waals surface area contributed by atoms with Crippen LogP contribution in [0.4, 0.5) is 5.69 Å². The number of hydrogen-bond acceptors (Lipinski definition) is 6. The van der Waals surface area contributed by atoms with Gasteiger partial charge in [0.2, 0.25) is 15.9 Å². The van der Waals surface area contributed by atoms with Crippen LogP contribution in [0.3, 0.4) is 0 Å². The lowest BCUT2D eigenvalue weighted by Gasteiger charge is -2.25. The van der Waals surface area contributed by atoms with Crippen LogP contribution < -0.4 is 19.9 Å². The van der Waals surface area contributed by atoms with Crippen LogP contribution in [0.1, 0.15) is 32.4 Å². The number of carbonyl (C=O) groups is 1. The highest BCUT2D eigenvalue weighted by molar-refractivity contribution is 7.89. The largest absolute Gasteiger partial charge is 0.494 e. The average molecular weight is 436 g/mol. The molecule has 0 aliphatic rings. The predicted octanol–water partition coefficient (Wildman–Crippen LogP) is 2.76. The number of hydrogen-bond donors (Lipinski definition) is 2. The third kappa shape index (κ3) is 6.45. The van der Waals surface area contributed by atoms with E-state index in [4.69, 9.17) is 14.6 Å².